The predicted octanol–water partition coefficient (Wildman–Crippen LogP) is 2.28. The molecule has 0 saturated heterocycles. The summed E-state index contributed by atoms with van der Waals surface area (Å²) in [6, 6.07) is 7.88. The number of aromatic nitrogens is 2. The second-order valence-electron chi connectivity index (χ2n) is 3.68. The number of carboxylic acid groups (broad SMARTS) is 1. The highest BCUT2D eigenvalue weighted by Gasteiger charge is 2.01. The zero-order chi connectivity index (χ0) is 12.3. The number of benzene rings is 1. The summed E-state index contributed by atoms with van der Waals surface area (Å²) < 4.78 is 1.73. The maximum atomic E-state index is 10.4. The summed E-state index contributed by atoms with van der Waals surface area (Å²) in [4.78, 5) is 10.4. The zero-order valence-electron chi connectivity index (χ0n) is 9.37. The molecular weight excluding hydrogens is 216 g/mol. The Morgan fingerprint density at radius 1 is 1.41 bits per heavy atom. The molecule has 0 fully saturated rings. The van der Waals surface area contributed by atoms with Gasteiger partial charge in [0.1, 0.15) is 0 Å². The summed E-state index contributed by atoms with van der Waals surface area (Å²) in [6.45, 7) is 2.00. The number of hydrogen-bond donors (Lipinski definition) is 1. The third-order valence-corrected chi connectivity index (χ3v) is 2.38. The van der Waals surface area contributed by atoms with Crippen LogP contribution < -0.4 is 0 Å². The second kappa shape index (κ2) is 4.65. The Morgan fingerprint density at radius 3 is 2.88 bits per heavy atom. The molecule has 0 amide bonds. The molecule has 2 rings (SSSR count). The van der Waals surface area contributed by atoms with Crippen LogP contribution in [0.3, 0.4) is 0 Å². The van der Waals surface area contributed by atoms with Crippen molar-refractivity contribution >= 4 is 12.0 Å². The average molecular weight is 228 g/mol. The summed E-state index contributed by atoms with van der Waals surface area (Å²) >= 11 is 0. The van der Waals surface area contributed by atoms with Crippen molar-refractivity contribution in [3.8, 4) is 5.69 Å². The van der Waals surface area contributed by atoms with Crippen LogP contribution in [0.15, 0.2) is 42.7 Å². The molecule has 1 N–H and O–H groups in total. The molecule has 17 heavy (non-hydrogen) atoms. The van der Waals surface area contributed by atoms with Crippen LogP contribution in [0.1, 0.15) is 11.1 Å². The highest BCUT2D eigenvalue weighted by Crippen LogP contribution is 2.13. The van der Waals surface area contributed by atoms with Gasteiger partial charge in [0.25, 0.3) is 0 Å². The number of hydrogen-bond acceptors (Lipinski definition) is 2. The maximum absolute atomic E-state index is 10.4. The van der Waals surface area contributed by atoms with Crippen LogP contribution in [-0.4, -0.2) is 20.9 Å². The van der Waals surface area contributed by atoms with Crippen LogP contribution in [0.5, 0.6) is 0 Å². The molecule has 0 aliphatic heterocycles. The first-order chi connectivity index (χ1) is 8.16. The van der Waals surface area contributed by atoms with Gasteiger partial charge in [0.2, 0.25) is 0 Å². The van der Waals surface area contributed by atoms with E-state index >= 15 is 0 Å². The molecule has 86 valence electrons. The van der Waals surface area contributed by atoms with E-state index in [1.165, 1.54) is 6.08 Å². The minimum absolute atomic E-state index is 0.760. The van der Waals surface area contributed by atoms with E-state index in [0.29, 0.717) is 0 Å². The Balaban J connectivity index is 2.30. The molecule has 0 saturated carbocycles. The molecule has 0 aliphatic carbocycles. The zero-order valence-corrected chi connectivity index (χ0v) is 9.37. The van der Waals surface area contributed by atoms with E-state index in [1.807, 2.05) is 31.2 Å². The van der Waals surface area contributed by atoms with Crippen LogP contribution in [0.4, 0.5) is 0 Å². The Morgan fingerprint density at radius 2 is 2.18 bits per heavy atom. The summed E-state index contributed by atoms with van der Waals surface area (Å²) in [7, 11) is 0. The average Bonchev–Trinajstić information content (AvgIpc) is 2.75. The topological polar surface area (TPSA) is 55.1 Å². The van der Waals surface area contributed by atoms with Gasteiger partial charge >= 0.3 is 5.97 Å². The van der Waals surface area contributed by atoms with Gasteiger partial charge in [-0.05, 0) is 24.6 Å². The van der Waals surface area contributed by atoms with Crippen LogP contribution >= 0.6 is 0 Å². The van der Waals surface area contributed by atoms with Gasteiger partial charge in [-0.1, -0.05) is 18.2 Å². The largest absolute Gasteiger partial charge is 0.478 e. The third-order valence-electron chi connectivity index (χ3n) is 2.38. The number of carboxylic acids is 1. The van der Waals surface area contributed by atoms with Gasteiger partial charge < -0.3 is 5.11 Å². The molecule has 4 heteroatoms. The first-order valence-corrected chi connectivity index (χ1v) is 5.18. The van der Waals surface area contributed by atoms with Crippen molar-refractivity contribution in [1.82, 2.24) is 9.78 Å². The molecule has 0 radical (unpaired) electrons. The Labute approximate surface area is 98.8 Å². The first kappa shape index (κ1) is 11.1. The monoisotopic (exact) mass is 228 g/mol. The molecule has 0 aliphatic rings. The number of rotatable bonds is 3. The molecule has 1 aromatic carbocycles. The van der Waals surface area contributed by atoms with E-state index < -0.39 is 5.97 Å². The maximum Gasteiger partial charge on any atom is 0.328 e. The number of aliphatic carboxylic acids is 1. The standard InChI is InChI=1S/C13H12N2O2/c1-10-4-2-3-5-12(10)15-9-11(8-14-15)6-7-13(16)17/h2-9H,1H3,(H,16,17). The number of aryl methyl sites for hydroxylation is 1. The van der Waals surface area contributed by atoms with Gasteiger partial charge in [0.05, 0.1) is 11.9 Å². The van der Waals surface area contributed by atoms with Gasteiger partial charge in [-0.25, -0.2) is 9.48 Å². The van der Waals surface area contributed by atoms with Gasteiger partial charge in [-0.15, -0.1) is 0 Å². The van der Waals surface area contributed by atoms with Crippen LogP contribution in [0.25, 0.3) is 11.8 Å². The molecule has 1 heterocycles. The molecule has 1 aromatic heterocycles. The fourth-order valence-electron chi connectivity index (χ4n) is 1.54. The Kier molecular flexibility index (Phi) is 3.05. The molecule has 2 aromatic rings. The lowest BCUT2D eigenvalue weighted by Crippen LogP contribution is -1.96. The van der Waals surface area contributed by atoms with Gasteiger partial charge in [-0.3, -0.25) is 0 Å². The molecule has 0 unspecified atom stereocenters. The van der Waals surface area contributed by atoms with E-state index in [2.05, 4.69) is 5.10 Å². The van der Waals surface area contributed by atoms with Crippen molar-refractivity contribution in [3.05, 3.63) is 53.9 Å². The summed E-state index contributed by atoms with van der Waals surface area (Å²) in [5, 5.41) is 12.7. The van der Waals surface area contributed by atoms with Crippen molar-refractivity contribution in [2.24, 2.45) is 0 Å². The molecule has 0 atom stereocenters. The lowest BCUT2D eigenvalue weighted by atomic mass is 10.2. The highest BCUT2D eigenvalue weighted by atomic mass is 16.4. The fraction of sp³-hybridized carbons (Fsp3) is 0.0769. The lowest BCUT2D eigenvalue weighted by molar-refractivity contribution is -0.131. The number of nitrogens with zero attached hydrogens (tertiary/aromatic N) is 2. The molecular formula is C13H12N2O2. The number of carbonyl (C=O) groups is 1. The Bertz CT molecular complexity index is 570. The van der Waals surface area contributed by atoms with Crippen molar-refractivity contribution in [2.75, 3.05) is 0 Å². The van der Waals surface area contributed by atoms with E-state index in [-0.39, 0.29) is 0 Å². The summed E-state index contributed by atoms with van der Waals surface area (Å²) in [5.74, 6) is -0.964. The van der Waals surface area contributed by atoms with Gasteiger partial charge in [0.15, 0.2) is 0 Å². The summed E-state index contributed by atoms with van der Waals surface area (Å²) in [6.07, 6.45) is 6.04. The van der Waals surface area contributed by atoms with Crippen molar-refractivity contribution < 1.29 is 9.90 Å². The third kappa shape index (κ3) is 2.60. The molecule has 4 nitrogen and oxygen atoms in total. The SMILES string of the molecule is Cc1ccccc1-n1cc(C=CC(=O)O)cn1. The second-order valence-corrected chi connectivity index (χ2v) is 3.68. The van der Waals surface area contributed by atoms with Crippen molar-refractivity contribution in [2.45, 2.75) is 6.92 Å². The molecule has 0 spiro atoms. The van der Waals surface area contributed by atoms with Crippen LogP contribution in [0, 0.1) is 6.92 Å². The minimum Gasteiger partial charge on any atom is -0.478 e. The molecule has 0 bridgehead atoms. The lowest BCUT2D eigenvalue weighted by Gasteiger charge is -2.03. The van der Waals surface area contributed by atoms with Crippen LogP contribution in [-0.2, 0) is 4.79 Å². The van der Waals surface area contributed by atoms with Gasteiger partial charge in [0, 0.05) is 17.8 Å². The fourth-order valence-corrected chi connectivity index (χ4v) is 1.54. The number of para-hydroxylation sites is 1. The smallest absolute Gasteiger partial charge is 0.328 e. The van der Waals surface area contributed by atoms with Crippen LogP contribution in [0.2, 0.25) is 0 Å². The van der Waals surface area contributed by atoms with Gasteiger partial charge in [-0.2, -0.15) is 5.10 Å². The highest BCUT2D eigenvalue weighted by molar-refractivity contribution is 5.85. The van der Waals surface area contributed by atoms with E-state index in [0.717, 1.165) is 22.9 Å². The minimum atomic E-state index is -0.964. The Hall–Kier alpha value is -2.36. The normalized spacial score (nSPS) is 10.9. The van der Waals surface area contributed by atoms with Crippen molar-refractivity contribution in [1.29, 1.82) is 0 Å². The summed E-state index contributed by atoms with van der Waals surface area (Å²) in [5.41, 5.74) is 2.86. The van der Waals surface area contributed by atoms with Crippen molar-refractivity contribution in [3.63, 3.8) is 0 Å². The first-order valence-electron chi connectivity index (χ1n) is 5.18. The quantitative estimate of drug-likeness (QED) is 0.820. The van der Waals surface area contributed by atoms with E-state index in [1.54, 1.807) is 17.1 Å². The van der Waals surface area contributed by atoms with E-state index in [4.69, 9.17) is 5.11 Å². The van der Waals surface area contributed by atoms with E-state index in [9.17, 15) is 4.79 Å². The predicted molar refractivity (Wildman–Crippen MR) is 65.0 cm³/mol.